The van der Waals surface area contributed by atoms with Crippen LogP contribution in [-0.4, -0.2) is 30.4 Å². The molecule has 0 bridgehead atoms. The maximum absolute atomic E-state index is 9.65. The first-order valence-electron chi connectivity index (χ1n) is 7.65. The summed E-state index contributed by atoms with van der Waals surface area (Å²) in [6, 6.07) is 8.29. The highest BCUT2D eigenvalue weighted by atomic mass is 16.5. The molecule has 0 radical (unpaired) electrons. The average Bonchev–Trinajstić information content (AvgIpc) is 2.47. The van der Waals surface area contributed by atoms with Crippen LogP contribution in [-0.2, 0) is 0 Å². The van der Waals surface area contributed by atoms with Crippen LogP contribution < -0.4 is 10.1 Å². The lowest BCUT2D eigenvalue weighted by Crippen LogP contribution is -2.52. The smallest absolute Gasteiger partial charge is 0.123 e. The number of likely N-dealkylation sites (N-methyl/N-ethyl adjacent to an activating group) is 1. The van der Waals surface area contributed by atoms with E-state index in [4.69, 9.17) is 4.74 Å². The predicted molar refractivity (Wildman–Crippen MR) is 82.3 cm³/mol. The van der Waals surface area contributed by atoms with Gasteiger partial charge in [-0.3, -0.25) is 0 Å². The molecule has 1 aromatic carbocycles. The number of aliphatic hydroxyl groups is 1. The molecule has 3 nitrogen and oxygen atoms in total. The molecular weight excluding hydrogens is 250 g/mol. The summed E-state index contributed by atoms with van der Waals surface area (Å²) in [5, 5.41) is 12.9. The Kier molecular flexibility index (Phi) is 5.06. The van der Waals surface area contributed by atoms with E-state index in [1.54, 1.807) is 0 Å². The maximum Gasteiger partial charge on any atom is 0.123 e. The van der Waals surface area contributed by atoms with E-state index in [1.807, 2.05) is 13.1 Å². The van der Waals surface area contributed by atoms with Gasteiger partial charge in [-0.1, -0.05) is 32.0 Å². The van der Waals surface area contributed by atoms with E-state index in [0.29, 0.717) is 5.92 Å². The number of rotatable bonds is 5. The van der Waals surface area contributed by atoms with E-state index in [1.165, 1.54) is 5.56 Å². The second-order valence-corrected chi connectivity index (χ2v) is 6.22. The van der Waals surface area contributed by atoms with Crippen LogP contribution in [0.4, 0.5) is 0 Å². The number of nitrogens with one attached hydrogen (secondary N) is 1. The molecule has 0 spiro atoms. The van der Waals surface area contributed by atoms with E-state index < -0.39 is 0 Å². The summed E-state index contributed by atoms with van der Waals surface area (Å²) in [5.74, 6) is 1.46. The van der Waals surface area contributed by atoms with Crippen molar-refractivity contribution in [2.45, 2.75) is 57.1 Å². The number of para-hydroxylation sites is 1. The van der Waals surface area contributed by atoms with Crippen molar-refractivity contribution in [3.05, 3.63) is 29.8 Å². The molecule has 2 atom stereocenters. The highest BCUT2D eigenvalue weighted by molar-refractivity contribution is 5.35. The Morgan fingerprint density at radius 2 is 2.15 bits per heavy atom. The van der Waals surface area contributed by atoms with Gasteiger partial charge in [-0.05, 0) is 43.9 Å². The lowest BCUT2D eigenvalue weighted by molar-refractivity contribution is 0.0548. The number of hydrogen-bond acceptors (Lipinski definition) is 3. The Morgan fingerprint density at radius 3 is 2.80 bits per heavy atom. The topological polar surface area (TPSA) is 41.5 Å². The van der Waals surface area contributed by atoms with Crippen LogP contribution >= 0.6 is 0 Å². The fraction of sp³-hybridized carbons (Fsp3) is 0.647. The van der Waals surface area contributed by atoms with Gasteiger partial charge in [0, 0.05) is 12.0 Å². The molecule has 1 fully saturated rings. The first kappa shape index (κ1) is 15.3. The van der Waals surface area contributed by atoms with E-state index in [-0.39, 0.29) is 18.2 Å². The zero-order chi connectivity index (χ0) is 14.6. The van der Waals surface area contributed by atoms with Crippen molar-refractivity contribution in [3.8, 4) is 5.75 Å². The molecule has 1 aliphatic rings. The number of ether oxygens (including phenoxy) is 1. The molecular formula is C17H27NO2. The minimum Gasteiger partial charge on any atom is -0.490 e. The van der Waals surface area contributed by atoms with Gasteiger partial charge in [-0.15, -0.1) is 0 Å². The zero-order valence-electron chi connectivity index (χ0n) is 12.9. The third-order valence-corrected chi connectivity index (χ3v) is 4.47. The third kappa shape index (κ3) is 3.33. The molecule has 3 heteroatoms. The predicted octanol–water partition coefficient (Wildman–Crippen LogP) is 3.08. The maximum atomic E-state index is 9.65. The Bertz CT molecular complexity index is 427. The molecule has 1 saturated carbocycles. The van der Waals surface area contributed by atoms with Gasteiger partial charge in [0.2, 0.25) is 0 Å². The van der Waals surface area contributed by atoms with Crippen molar-refractivity contribution in [2.24, 2.45) is 0 Å². The van der Waals surface area contributed by atoms with Crippen molar-refractivity contribution >= 4 is 0 Å². The fourth-order valence-corrected chi connectivity index (χ4v) is 3.10. The molecule has 0 aliphatic heterocycles. The van der Waals surface area contributed by atoms with Gasteiger partial charge in [0.25, 0.3) is 0 Å². The molecule has 0 heterocycles. The Labute approximate surface area is 122 Å². The second-order valence-electron chi connectivity index (χ2n) is 6.22. The Balaban J connectivity index is 2.10. The first-order valence-corrected chi connectivity index (χ1v) is 7.65. The Morgan fingerprint density at radius 1 is 1.40 bits per heavy atom. The van der Waals surface area contributed by atoms with E-state index in [2.05, 4.69) is 37.4 Å². The third-order valence-electron chi connectivity index (χ3n) is 4.47. The van der Waals surface area contributed by atoms with Gasteiger partial charge < -0.3 is 15.2 Å². The molecule has 2 rings (SSSR count). The summed E-state index contributed by atoms with van der Waals surface area (Å²) >= 11 is 0. The van der Waals surface area contributed by atoms with Crippen molar-refractivity contribution in [2.75, 3.05) is 13.7 Å². The molecule has 2 unspecified atom stereocenters. The largest absolute Gasteiger partial charge is 0.490 e. The van der Waals surface area contributed by atoms with Crippen LogP contribution in [0.2, 0.25) is 0 Å². The standard InChI is InChI=1S/C17H27NO2/c1-13(2)15-8-4-5-9-16(15)20-14-7-6-10-17(11-14,12-19)18-3/h4-5,8-9,13-14,18-19H,6-7,10-12H2,1-3H3. The minimum absolute atomic E-state index is 0.171. The van der Waals surface area contributed by atoms with Crippen LogP contribution in [0.25, 0.3) is 0 Å². The van der Waals surface area contributed by atoms with Crippen LogP contribution in [0.1, 0.15) is 51.0 Å². The van der Waals surface area contributed by atoms with E-state index >= 15 is 0 Å². The SMILES string of the molecule is CNC1(CO)CCCC(Oc2ccccc2C(C)C)C1. The summed E-state index contributed by atoms with van der Waals surface area (Å²) in [4.78, 5) is 0. The molecule has 0 aromatic heterocycles. The summed E-state index contributed by atoms with van der Waals surface area (Å²) < 4.78 is 6.26. The van der Waals surface area contributed by atoms with Gasteiger partial charge in [0.1, 0.15) is 11.9 Å². The molecule has 0 saturated heterocycles. The van der Waals surface area contributed by atoms with Crippen molar-refractivity contribution in [1.29, 1.82) is 0 Å². The van der Waals surface area contributed by atoms with Gasteiger partial charge >= 0.3 is 0 Å². The van der Waals surface area contributed by atoms with Crippen LogP contribution in [0.3, 0.4) is 0 Å². The van der Waals surface area contributed by atoms with Crippen molar-refractivity contribution in [1.82, 2.24) is 5.32 Å². The highest BCUT2D eigenvalue weighted by Crippen LogP contribution is 2.33. The average molecular weight is 277 g/mol. The molecule has 0 amide bonds. The second kappa shape index (κ2) is 6.59. The molecule has 1 aliphatic carbocycles. The summed E-state index contributed by atoms with van der Waals surface area (Å²) in [6.45, 7) is 4.55. The highest BCUT2D eigenvalue weighted by Gasteiger charge is 2.35. The van der Waals surface area contributed by atoms with Gasteiger partial charge in [-0.25, -0.2) is 0 Å². The summed E-state index contributed by atoms with van der Waals surface area (Å²) in [7, 11) is 1.93. The van der Waals surface area contributed by atoms with Crippen LogP contribution in [0, 0.1) is 0 Å². The lowest BCUT2D eigenvalue weighted by atomic mass is 9.80. The van der Waals surface area contributed by atoms with Crippen LogP contribution in [0.15, 0.2) is 24.3 Å². The van der Waals surface area contributed by atoms with Gasteiger partial charge in [0.05, 0.1) is 6.61 Å². The van der Waals surface area contributed by atoms with E-state index in [0.717, 1.165) is 31.4 Å². The molecule has 20 heavy (non-hydrogen) atoms. The first-order chi connectivity index (χ1) is 9.60. The van der Waals surface area contributed by atoms with Crippen molar-refractivity contribution < 1.29 is 9.84 Å². The number of benzene rings is 1. The van der Waals surface area contributed by atoms with Gasteiger partial charge in [0.15, 0.2) is 0 Å². The minimum atomic E-state index is -0.171. The fourth-order valence-electron chi connectivity index (χ4n) is 3.10. The molecule has 2 N–H and O–H groups in total. The number of aliphatic hydroxyl groups excluding tert-OH is 1. The summed E-state index contributed by atoms with van der Waals surface area (Å²) in [6.07, 6.45) is 4.23. The molecule has 112 valence electrons. The summed E-state index contributed by atoms with van der Waals surface area (Å²) in [5.41, 5.74) is 1.09. The number of hydrogen-bond donors (Lipinski definition) is 2. The Hall–Kier alpha value is -1.06. The normalized spacial score (nSPS) is 26.8. The quantitative estimate of drug-likeness (QED) is 0.869. The molecule has 1 aromatic rings. The lowest BCUT2D eigenvalue weighted by Gasteiger charge is -2.39. The van der Waals surface area contributed by atoms with Gasteiger partial charge in [-0.2, -0.15) is 0 Å². The van der Waals surface area contributed by atoms with Crippen molar-refractivity contribution in [3.63, 3.8) is 0 Å². The van der Waals surface area contributed by atoms with E-state index in [9.17, 15) is 5.11 Å². The zero-order valence-corrected chi connectivity index (χ0v) is 12.9. The van der Waals surface area contributed by atoms with Crippen LogP contribution in [0.5, 0.6) is 5.75 Å². The monoisotopic (exact) mass is 277 g/mol.